The van der Waals surface area contributed by atoms with Crippen molar-refractivity contribution >= 4 is 34.7 Å². The van der Waals surface area contributed by atoms with Gasteiger partial charge in [-0.25, -0.2) is 4.99 Å². The molecular formula is C31H35N5O7S. The number of nitrogens with zero attached hydrogens (tertiary/aromatic N) is 5. The molecular weight excluding hydrogens is 586 g/mol. The van der Waals surface area contributed by atoms with Crippen LogP contribution in [0.3, 0.4) is 0 Å². The molecule has 1 amide bonds. The number of aromatic nitrogens is 1. The average Bonchev–Trinajstić information content (AvgIpc) is 3.34. The molecule has 1 fully saturated rings. The lowest BCUT2D eigenvalue weighted by Crippen LogP contribution is -2.43. The number of ether oxygens (including phenoxy) is 3. The van der Waals surface area contributed by atoms with Crippen molar-refractivity contribution in [2.75, 3.05) is 58.5 Å². The number of benzene rings is 2. The van der Waals surface area contributed by atoms with Gasteiger partial charge in [0.25, 0.3) is 17.2 Å². The summed E-state index contributed by atoms with van der Waals surface area (Å²) in [5, 5.41) is 12.0. The van der Waals surface area contributed by atoms with Crippen LogP contribution in [0.25, 0.3) is 6.08 Å². The Bertz CT molecular complexity index is 1800. The number of hydrogen-bond donors (Lipinski definition) is 0. The molecule has 0 N–H and O–H groups in total. The van der Waals surface area contributed by atoms with Gasteiger partial charge in [0.15, 0.2) is 4.80 Å². The maximum Gasteiger partial charge on any atom is 0.293 e. The molecule has 13 heteroatoms. The number of carbonyl (C=O) groups excluding carboxylic acids is 1. The van der Waals surface area contributed by atoms with Gasteiger partial charge in [0.05, 0.1) is 48.2 Å². The number of allylic oxidation sites excluding steroid dienone is 1. The molecule has 1 aromatic heterocycles. The van der Waals surface area contributed by atoms with Crippen LogP contribution in [0.15, 0.2) is 57.5 Å². The molecule has 0 radical (unpaired) electrons. The molecule has 3 heterocycles. The third kappa shape index (κ3) is 5.72. The smallest absolute Gasteiger partial charge is 0.293 e. The van der Waals surface area contributed by atoms with Crippen LogP contribution in [0.5, 0.6) is 11.5 Å². The van der Waals surface area contributed by atoms with Gasteiger partial charge in [0.1, 0.15) is 23.2 Å². The van der Waals surface area contributed by atoms with Crippen LogP contribution in [-0.4, -0.2) is 73.9 Å². The van der Waals surface area contributed by atoms with E-state index in [0.717, 1.165) is 11.3 Å². The first-order valence-corrected chi connectivity index (χ1v) is 15.2. The fraction of sp³-hybridized carbons (Fsp3) is 0.387. The van der Waals surface area contributed by atoms with Crippen molar-refractivity contribution in [2.45, 2.75) is 26.8 Å². The summed E-state index contributed by atoms with van der Waals surface area (Å²) in [4.78, 5) is 48.5. The summed E-state index contributed by atoms with van der Waals surface area (Å²) in [5.74, 6) is 0.800. The molecule has 232 valence electrons. The first kappa shape index (κ1) is 31.0. The topological polar surface area (TPSA) is 129 Å². The fourth-order valence-electron chi connectivity index (χ4n) is 5.62. The third-order valence-corrected chi connectivity index (χ3v) is 8.86. The third-order valence-electron chi connectivity index (χ3n) is 7.88. The predicted molar refractivity (Wildman–Crippen MR) is 167 cm³/mol. The Hall–Kier alpha value is -4.49. The van der Waals surface area contributed by atoms with Gasteiger partial charge in [-0.2, -0.15) is 0 Å². The van der Waals surface area contributed by atoms with E-state index >= 15 is 0 Å². The van der Waals surface area contributed by atoms with Crippen LogP contribution in [-0.2, 0) is 9.53 Å². The van der Waals surface area contributed by atoms with E-state index in [1.54, 1.807) is 55.3 Å². The summed E-state index contributed by atoms with van der Waals surface area (Å²) in [5.41, 5.74) is 2.03. The summed E-state index contributed by atoms with van der Waals surface area (Å²) in [6, 6.07) is 9.37. The molecule has 1 atom stereocenters. The molecule has 0 bridgehead atoms. The monoisotopic (exact) mass is 621 g/mol. The van der Waals surface area contributed by atoms with Crippen molar-refractivity contribution in [1.82, 2.24) is 9.47 Å². The van der Waals surface area contributed by atoms with Crippen molar-refractivity contribution in [3.8, 4) is 11.5 Å². The lowest BCUT2D eigenvalue weighted by Gasteiger charge is -2.30. The molecule has 12 nitrogen and oxygen atoms in total. The number of carbonyl (C=O) groups is 1. The first-order chi connectivity index (χ1) is 21.2. The van der Waals surface area contributed by atoms with E-state index in [1.807, 2.05) is 18.7 Å². The van der Waals surface area contributed by atoms with Crippen molar-refractivity contribution < 1.29 is 23.9 Å². The fourth-order valence-corrected chi connectivity index (χ4v) is 6.67. The Morgan fingerprint density at radius 1 is 1.16 bits per heavy atom. The normalized spacial score (nSPS) is 16.8. The van der Waals surface area contributed by atoms with Gasteiger partial charge in [0, 0.05) is 37.8 Å². The number of fused-ring (bicyclic) bond motifs is 1. The first-order valence-electron chi connectivity index (χ1n) is 14.4. The van der Waals surface area contributed by atoms with Gasteiger partial charge in [-0.3, -0.25) is 24.3 Å². The number of anilines is 1. The standard InChI is InChI=1S/C31H35N5O7S/c1-6-33(7-2)30(38)27-19(3)32-31-35(28(27)22-18-21(41-4)9-11-25(22)42-5)29(37)26(44-31)17-20-8-10-23(24(16-20)36(39)40)34-12-14-43-15-13-34/h8-11,16-18,28H,6-7,12-15H2,1-5H3/b26-17-/t28-/m0/s1. The van der Waals surface area contributed by atoms with Crippen LogP contribution in [0.2, 0.25) is 0 Å². The number of likely N-dealkylation sites (N-methyl/N-ethyl adjacent to an activating group) is 1. The van der Waals surface area contributed by atoms with Crippen molar-refractivity contribution in [2.24, 2.45) is 4.99 Å². The molecule has 0 aliphatic carbocycles. The highest BCUT2D eigenvalue weighted by molar-refractivity contribution is 7.07. The summed E-state index contributed by atoms with van der Waals surface area (Å²) in [6.07, 6.45) is 1.63. The minimum atomic E-state index is -0.843. The number of hydrogen-bond acceptors (Lipinski definition) is 10. The van der Waals surface area contributed by atoms with E-state index < -0.39 is 11.0 Å². The Labute approximate surface area is 258 Å². The highest BCUT2D eigenvalue weighted by Crippen LogP contribution is 2.38. The summed E-state index contributed by atoms with van der Waals surface area (Å²) in [6.45, 7) is 8.64. The Balaban J connectivity index is 1.70. The maximum atomic E-state index is 14.2. The second-order valence-electron chi connectivity index (χ2n) is 10.3. The largest absolute Gasteiger partial charge is 0.497 e. The molecule has 2 aliphatic heterocycles. The molecule has 2 aliphatic rings. The molecule has 3 aromatic rings. The highest BCUT2D eigenvalue weighted by Gasteiger charge is 2.36. The van der Waals surface area contributed by atoms with Gasteiger partial charge >= 0.3 is 0 Å². The van der Waals surface area contributed by atoms with E-state index in [0.29, 0.717) is 88.3 Å². The maximum absolute atomic E-state index is 14.2. The number of thiazole rings is 1. The molecule has 0 unspecified atom stereocenters. The molecule has 0 spiro atoms. The molecule has 2 aromatic carbocycles. The van der Waals surface area contributed by atoms with Crippen LogP contribution in [0.4, 0.5) is 11.4 Å². The number of amides is 1. The molecule has 1 saturated heterocycles. The Morgan fingerprint density at radius 2 is 1.89 bits per heavy atom. The number of methoxy groups -OCH3 is 2. The average molecular weight is 622 g/mol. The van der Waals surface area contributed by atoms with E-state index in [1.165, 1.54) is 17.7 Å². The summed E-state index contributed by atoms with van der Waals surface area (Å²) < 4.78 is 18.4. The second-order valence-corrected chi connectivity index (χ2v) is 11.3. The van der Waals surface area contributed by atoms with Crippen molar-refractivity contribution in [3.05, 3.63) is 88.6 Å². The highest BCUT2D eigenvalue weighted by atomic mass is 32.1. The van der Waals surface area contributed by atoms with E-state index in [4.69, 9.17) is 19.2 Å². The zero-order valence-electron chi connectivity index (χ0n) is 25.4. The van der Waals surface area contributed by atoms with Gasteiger partial charge in [-0.05, 0) is 56.7 Å². The lowest BCUT2D eigenvalue weighted by atomic mass is 9.93. The van der Waals surface area contributed by atoms with E-state index in [-0.39, 0.29) is 17.2 Å². The van der Waals surface area contributed by atoms with Crippen LogP contribution < -0.4 is 29.3 Å². The van der Waals surface area contributed by atoms with Crippen LogP contribution in [0, 0.1) is 10.1 Å². The number of morpholine rings is 1. The zero-order valence-corrected chi connectivity index (χ0v) is 26.2. The minimum Gasteiger partial charge on any atom is -0.497 e. The molecule has 5 rings (SSSR count). The van der Waals surface area contributed by atoms with Crippen LogP contribution in [0.1, 0.15) is 37.9 Å². The summed E-state index contributed by atoms with van der Waals surface area (Å²) >= 11 is 1.16. The van der Waals surface area contributed by atoms with Crippen molar-refractivity contribution in [1.29, 1.82) is 0 Å². The number of nitro groups is 1. The second kappa shape index (κ2) is 13.0. The van der Waals surface area contributed by atoms with Gasteiger partial charge < -0.3 is 24.0 Å². The lowest BCUT2D eigenvalue weighted by molar-refractivity contribution is -0.384. The van der Waals surface area contributed by atoms with Gasteiger partial charge in [0.2, 0.25) is 0 Å². The van der Waals surface area contributed by atoms with Crippen molar-refractivity contribution in [3.63, 3.8) is 0 Å². The Kier molecular flexibility index (Phi) is 9.16. The SMILES string of the molecule is CCN(CC)C(=O)C1=C(C)N=c2s/c(=C\c3ccc(N4CCOCC4)c([N+](=O)[O-])c3)c(=O)n2[C@H]1c1cc(OC)ccc1OC. The number of rotatable bonds is 9. The molecule has 0 saturated carbocycles. The van der Waals surface area contributed by atoms with Crippen LogP contribution >= 0.6 is 11.3 Å². The number of nitro benzene ring substituents is 1. The zero-order chi connectivity index (χ0) is 31.5. The summed E-state index contributed by atoms with van der Waals surface area (Å²) in [7, 11) is 3.08. The predicted octanol–water partition coefficient (Wildman–Crippen LogP) is 2.87. The quantitative estimate of drug-likeness (QED) is 0.264. The molecule has 44 heavy (non-hydrogen) atoms. The Morgan fingerprint density at radius 3 is 2.52 bits per heavy atom. The van der Waals surface area contributed by atoms with E-state index in [9.17, 15) is 19.7 Å². The van der Waals surface area contributed by atoms with Gasteiger partial charge in [-0.1, -0.05) is 17.4 Å². The minimum absolute atomic E-state index is 0.0460. The van der Waals surface area contributed by atoms with E-state index in [2.05, 4.69) is 0 Å². The van der Waals surface area contributed by atoms with Gasteiger partial charge in [-0.15, -0.1) is 0 Å².